The zero-order valence-corrected chi connectivity index (χ0v) is 12.4. The number of benzene rings is 1. The van der Waals surface area contributed by atoms with Crippen LogP contribution in [0, 0.1) is 6.92 Å². The third-order valence-corrected chi connectivity index (χ3v) is 3.39. The van der Waals surface area contributed by atoms with Crippen LogP contribution in [0.15, 0.2) is 30.3 Å². The number of hydrogen-bond acceptors (Lipinski definition) is 2. The van der Waals surface area contributed by atoms with Crippen LogP contribution in [-0.2, 0) is 12.7 Å². The number of rotatable bonds is 3. The van der Waals surface area contributed by atoms with Crippen LogP contribution < -0.4 is 5.32 Å². The molecular formula is C14H11Cl2F3N2. The fourth-order valence-electron chi connectivity index (χ4n) is 1.94. The quantitative estimate of drug-likeness (QED) is 0.767. The van der Waals surface area contributed by atoms with Gasteiger partial charge in [-0.3, -0.25) is 0 Å². The lowest BCUT2D eigenvalue weighted by Gasteiger charge is -2.15. The number of halogens is 5. The lowest BCUT2D eigenvalue weighted by atomic mass is 10.1. The standard InChI is InChI=1S/C14H11Cl2F3N2/c1-8-6-11(15)21-13(16)12(8)20-7-9-4-2-3-5-10(9)14(17,18)19/h2-6,20H,7H2,1H3. The van der Waals surface area contributed by atoms with Crippen molar-refractivity contribution in [1.29, 1.82) is 0 Å². The number of aromatic nitrogens is 1. The molecule has 0 aliphatic heterocycles. The van der Waals surface area contributed by atoms with Gasteiger partial charge in [-0.1, -0.05) is 41.4 Å². The summed E-state index contributed by atoms with van der Waals surface area (Å²) in [5.74, 6) is 0. The molecule has 1 N–H and O–H groups in total. The molecule has 7 heteroatoms. The predicted octanol–water partition coefficient (Wildman–Crippen LogP) is 5.33. The van der Waals surface area contributed by atoms with Gasteiger partial charge in [-0.15, -0.1) is 0 Å². The summed E-state index contributed by atoms with van der Waals surface area (Å²) < 4.78 is 38.7. The van der Waals surface area contributed by atoms with Gasteiger partial charge in [0.15, 0.2) is 5.15 Å². The third-order valence-electron chi connectivity index (χ3n) is 2.92. The van der Waals surface area contributed by atoms with Crippen LogP contribution in [0.5, 0.6) is 0 Å². The second-order valence-electron chi connectivity index (χ2n) is 4.44. The van der Waals surface area contributed by atoms with Crippen LogP contribution in [0.2, 0.25) is 10.3 Å². The van der Waals surface area contributed by atoms with Crippen LogP contribution in [0.25, 0.3) is 0 Å². The van der Waals surface area contributed by atoms with E-state index in [4.69, 9.17) is 23.2 Å². The molecule has 0 saturated heterocycles. The third kappa shape index (κ3) is 3.80. The number of nitrogens with zero attached hydrogens (tertiary/aromatic N) is 1. The molecule has 0 amide bonds. The number of alkyl halides is 3. The molecule has 0 atom stereocenters. The van der Waals surface area contributed by atoms with E-state index in [0.29, 0.717) is 11.3 Å². The first-order valence-corrected chi connectivity index (χ1v) is 6.76. The van der Waals surface area contributed by atoms with Crippen molar-refractivity contribution in [2.24, 2.45) is 0 Å². The van der Waals surface area contributed by atoms with Gasteiger partial charge in [0.1, 0.15) is 5.15 Å². The van der Waals surface area contributed by atoms with E-state index in [2.05, 4.69) is 10.3 Å². The molecule has 2 aromatic rings. The fraction of sp³-hybridized carbons (Fsp3) is 0.214. The Morgan fingerprint density at radius 1 is 1.19 bits per heavy atom. The van der Waals surface area contributed by atoms with Gasteiger partial charge < -0.3 is 5.32 Å². The highest BCUT2D eigenvalue weighted by atomic mass is 35.5. The van der Waals surface area contributed by atoms with Crippen LogP contribution >= 0.6 is 23.2 Å². The van der Waals surface area contributed by atoms with Gasteiger partial charge in [0.2, 0.25) is 0 Å². The van der Waals surface area contributed by atoms with Gasteiger partial charge in [0, 0.05) is 6.54 Å². The summed E-state index contributed by atoms with van der Waals surface area (Å²) in [6.07, 6.45) is -4.39. The van der Waals surface area contributed by atoms with E-state index < -0.39 is 11.7 Å². The van der Waals surface area contributed by atoms with E-state index in [0.717, 1.165) is 6.07 Å². The SMILES string of the molecule is Cc1cc(Cl)nc(Cl)c1NCc1ccccc1C(F)(F)F. The van der Waals surface area contributed by atoms with Gasteiger partial charge in [0.25, 0.3) is 0 Å². The molecule has 0 radical (unpaired) electrons. The topological polar surface area (TPSA) is 24.9 Å². The molecule has 0 unspecified atom stereocenters. The van der Waals surface area contributed by atoms with Crippen molar-refractivity contribution < 1.29 is 13.2 Å². The van der Waals surface area contributed by atoms with Gasteiger partial charge in [-0.05, 0) is 30.2 Å². The Bertz CT molecular complexity index is 634. The number of nitrogens with one attached hydrogen (secondary N) is 1. The van der Waals surface area contributed by atoms with Gasteiger partial charge in [0.05, 0.1) is 11.3 Å². The zero-order valence-electron chi connectivity index (χ0n) is 10.9. The van der Waals surface area contributed by atoms with Gasteiger partial charge in [-0.25, -0.2) is 4.98 Å². The van der Waals surface area contributed by atoms with E-state index in [1.807, 2.05) is 0 Å². The monoisotopic (exact) mass is 334 g/mol. The van der Waals surface area contributed by atoms with Crippen molar-refractivity contribution in [3.63, 3.8) is 0 Å². The van der Waals surface area contributed by atoms with Gasteiger partial charge in [-0.2, -0.15) is 13.2 Å². The normalized spacial score (nSPS) is 11.5. The first-order valence-electron chi connectivity index (χ1n) is 6.00. The summed E-state index contributed by atoms with van der Waals surface area (Å²) in [4.78, 5) is 3.86. The van der Waals surface area contributed by atoms with Crippen molar-refractivity contribution in [3.05, 3.63) is 57.3 Å². The zero-order chi connectivity index (χ0) is 15.6. The van der Waals surface area contributed by atoms with E-state index in [1.54, 1.807) is 19.1 Å². The fourth-order valence-corrected chi connectivity index (χ4v) is 2.54. The van der Waals surface area contributed by atoms with E-state index in [-0.39, 0.29) is 22.4 Å². The van der Waals surface area contributed by atoms with E-state index in [1.165, 1.54) is 12.1 Å². The Morgan fingerprint density at radius 2 is 1.86 bits per heavy atom. The molecule has 0 fully saturated rings. The highest BCUT2D eigenvalue weighted by Crippen LogP contribution is 2.33. The maximum absolute atomic E-state index is 12.9. The van der Waals surface area contributed by atoms with Crippen LogP contribution in [-0.4, -0.2) is 4.98 Å². The van der Waals surface area contributed by atoms with Crippen molar-refractivity contribution in [2.75, 3.05) is 5.32 Å². The lowest BCUT2D eigenvalue weighted by molar-refractivity contribution is -0.138. The molecule has 0 saturated carbocycles. The van der Waals surface area contributed by atoms with Crippen molar-refractivity contribution in [3.8, 4) is 0 Å². The van der Waals surface area contributed by atoms with Crippen LogP contribution in [0.3, 0.4) is 0 Å². The molecule has 0 aliphatic rings. The minimum Gasteiger partial charge on any atom is -0.378 e. The van der Waals surface area contributed by atoms with E-state index >= 15 is 0 Å². The molecular weight excluding hydrogens is 324 g/mol. The maximum Gasteiger partial charge on any atom is 0.416 e. The smallest absolute Gasteiger partial charge is 0.378 e. The average Bonchev–Trinajstić information content (AvgIpc) is 2.36. The largest absolute Gasteiger partial charge is 0.416 e. The minimum absolute atomic E-state index is 0.0143. The van der Waals surface area contributed by atoms with Gasteiger partial charge >= 0.3 is 6.18 Å². The molecule has 21 heavy (non-hydrogen) atoms. The Morgan fingerprint density at radius 3 is 2.48 bits per heavy atom. The maximum atomic E-state index is 12.9. The molecule has 0 spiro atoms. The molecule has 1 aromatic carbocycles. The second-order valence-corrected chi connectivity index (χ2v) is 5.18. The molecule has 1 heterocycles. The first kappa shape index (κ1) is 15.9. The second kappa shape index (κ2) is 6.12. The Kier molecular flexibility index (Phi) is 4.64. The highest BCUT2D eigenvalue weighted by molar-refractivity contribution is 6.34. The average molecular weight is 335 g/mol. The Balaban J connectivity index is 2.26. The summed E-state index contributed by atoms with van der Waals surface area (Å²) in [5.41, 5.74) is 0.645. The summed E-state index contributed by atoms with van der Waals surface area (Å²) in [7, 11) is 0. The first-order chi connectivity index (χ1) is 9.79. The number of aryl methyl sites for hydroxylation is 1. The number of hydrogen-bond donors (Lipinski definition) is 1. The summed E-state index contributed by atoms with van der Waals surface area (Å²) >= 11 is 11.7. The molecule has 112 valence electrons. The van der Waals surface area contributed by atoms with Crippen molar-refractivity contribution in [2.45, 2.75) is 19.6 Å². The lowest BCUT2D eigenvalue weighted by Crippen LogP contribution is -2.12. The minimum atomic E-state index is -4.39. The van der Waals surface area contributed by atoms with Crippen molar-refractivity contribution >= 4 is 28.9 Å². The molecule has 0 aliphatic carbocycles. The molecule has 1 aromatic heterocycles. The van der Waals surface area contributed by atoms with Crippen molar-refractivity contribution in [1.82, 2.24) is 4.98 Å². The summed E-state index contributed by atoms with van der Waals surface area (Å²) in [5, 5.41) is 3.25. The van der Waals surface area contributed by atoms with Crippen LogP contribution in [0.4, 0.5) is 18.9 Å². The Labute approximate surface area is 129 Å². The predicted molar refractivity (Wildman–Crippen MR) is 77.8 cm³/mol. The molecule has 2 nitrogen and oxygen atoms in total. The van der Waals surface area contributed by atoms with Crippen LogP contribution in [0.1, 0.15) is 16.7 Å². The summed E-state index contributed by atoms with van der Waals surface area (Å²) in [6, 6.07) is 6.97. The molecule has 0 bridgehead atoms. The number of anilines is 1. The Hall–Kier alpha value is -1.46. The highest BCUT2D eigenvalue weighted by Gasteiger charge is 2.32. The number of pyridine rings is 1. The van der Waals surface area contributed by atoms with E-state index in [9.17, 15) is 13.2 Å². The molecule has 2 rings (SSSR count). The summed E-state index contributed by atoms with van der Waals surface area (Å²) in [6.45, 7) is 1.73.